The molecule has 0 amide bonds. The van der Waals surface area contributed by atoms with Crippen LogP contribution in [0.2, 0.25) is 0 Å². The van der Waals surface area contributed by atoms with Crippen molar-refractivity contribution in [3.05, 3.63) is 0 Å². The third kappa shape index (κ3) is 8.61. The van der Waals surface area contributed by atoms with Crippen LogP contribution in [0.25, 0.3) is 0 Å². The first-order valence-electron chi connectivity index (χ1n) is 7.58. The number of nitrogens with zero attached hydrogens (tertiary/aromatic N) is 1. The highest BCUT2D eigenvalue weighted by Gasteiger charge is 2.00. The summed E-state index contributed by atoms with van der Waals surface area (Å²) < 4.78 is 0. The van der Waals surface area contributed by atoms with Gasteiger partial charge in [-0.3, -0.25) is 4.99 Å². The zero-order valence-corrected chi connectivity index (χ0v) is 11.9. The van der Waals surface area contributed by atoms with Crippen molar-refractivity contribution in [2.45, 2.75) is 39.0 Å². The molecule has 0 atom stereocenters. The summed E-state index contributed by atoms with van der Waals surface area (Å²) in [6, 6.07) is 0. The van der Waals surface area contributed by atoms with E-state index in [4.69, 9.17) is 4.99 Å². The molecule has 4 heteroatoms. The number of aliphatic imine (C=N–C) groups is 1. The number of rotatable bonds is 5. The van der Waals surface area contributed by atoms with Crippen LogP contribution in [0.3, 0.4) is 0 Å². The summed E-state index contributed by atoms with van der Waals surface area (Å²) in [5.41, 5.74) is 1.36. The van der Waals surface area contributed by atoms with E-state index in [1.807, 2.05) is 0 Å². The van der Waals surface area contributed by atoms with Crippen molar-refractivity contribution < 1.29 is 0 Å². The molecule has 0 radical (unpaired) electrons. The highest BCUT2D eigenvalue weighted by Crippen LogP contribution is 2.03. The summed E-state index contributed by atoms with van der Waals surface area (Å²) >= 11 is 0. The van der Waals surface area contributed by atoms with Gasteiger partial charge in [-0.05, 0) is 12.8 Å². The Morgan fingerprint density at radius 3 is 2.39 bits per heavy atom. The van der Waals surface area contributed by atoms with Crippen LogP contribution in [-0.2, 0) is 0 Å². The minimum atomic E-state index is 0.921. The van der Waals surface area contributed by atoms with Gasteiger partial charge >= 0.3 is 0 Å². The Morgan fingerprint density at radius 2 is 1.61 bits per heavy atom. The summed E-state index contributed by atoms with van der Waals surface area (Å²) in [7, 11) is 0. The Balaban J connectivity index is 2.25. The van der Waals surface area contributed by atoms with E-state index < -0.39 is 0 Å². The average molecular weight is 254 g/mol. The molecular formula is C14H30N4. The Hall–Kier alpha value is -0.450. The Morgan fingerprint density at radius 1 is 0.889 bits per heavy atom. The zero-order valence-electron chi connectivity index (χ0n) is 11.9. The second-order valence-corrected chi connectivity index (χ2v) is 4.94. The quantitative estimate of drug-likeness (QED) is 0.646. The fraction of sp³-hybridized carbons (Fsp3) is 0.929. The van der Waals surface area contributed by atoms with Gasteiger partial charge in [0.1, 0.15) is 0 Å². The lowest BCUT2D eigenvalue weighted by Gasteiger charge is -2.12. The second kappa shape index (κ2) is 11.6. The first kappa shape index (κ1) is 15.6. The molecule has 18 heavy (non-hydrogen) atoms. The van der Waals surface area contributed by atoms with Crippen LogP contribution in [0, 0.1) is 0 Å². The summed E-state index contributed by atoms with van der Waals surface area (Å²) in [6.07, 6.45) is 6.46. The maximum absolute atomic E-state index is 4.73. The molecule has 0 aromatic carbocycles. The van der Waals surface area contributed by atoms with Gasteiger partial charge in [-0.25, -0.2) is 0 Å². The standard InChI is InChI=1S/C14H30N4/c1-2-3-4-5-6-14-13-17-10-9-15-7-8-16-11-12-18-14/h15-17H,2-13H2,1H3. The van der Waals surface area contributed by atoms with Gasteiger partial charge in [-0.2, -0.15) is 0 Å². The number of nitrogens with one attached hydrogen (secondary N) is 3. The molecule has 0 saturated carbocycles. The zero-order chi connectivity index (χ0) is 12.9. The van der Waals surface area contributed by atoms with E-state index in [0.717, 1.165) is 45.8 Å². The van der Waals surface area contributed by atoms with E-state index in [0.29, 0.717) is 0 Å². The molecular weight excluding hydrogens is 224 g/mol. The summed E-state index contributed by atoms with van der Waals surface area (Å²) in [4.78, 5) is 4.73. The van der Waals surface area contributed by atoms with Gasteiger partial charge in [0.2, 0.25) is 0 Å². The minimum absolute atomic E-state index is 0.921. The fourth-order valence-corrected chi connectivity index (χ4v) is 2.11. The molecule has 0 aliphatic carbocycles. The SMILES string of the molecule is CCCCCCC1=NCCNCCNCCNC1. The van der Waals surface area contributed by atoms with Crippen LogP contribution >= 0.6 is 0 Å². The topological polar surface area (TPSA) is 48.5 Å². The Bertz CT molecular complexity index is 216. The van der Waals surface area contributed by atoms with Crippen LogP contribution in [-0.4, -0.2) is 51.5 Å². The lowest BCUT2D eigenvalue weighted by Crippen LogP contribution is -2.36. The van der Waals surface area contributed by atoms with E-state index in [9.17, 15) is 0 Å². The first-order valence-corrected chi connectivity index (χ1v) is 7.58. The molecule has 0 fully saturated rings. The molecule has 106 valence electrons. The summed E-state index contributed by atoms with van der Waals surface area (Å²) in [5, 5.41) is 10.3. The predicted molar refractivity (Wildman–Crippen MR) is 79.7 cm³/mol. The number of hydrogen-bond acceptors (Lipinski definition) is 4. The van der Waals surface area contributed by atoms with Gasteiger partial charge in [0.05, 0.1) is 6.54 Å². The van der Waals surface area contributed by atoms with E-state index in [2.05, 4.69) is 22.9 Å². The third-order valence-corrected chi connectivity index (χ3v) is 3.23. The Kier molecular flexibility index (Phi) is 10.1. The molecule has 0 unspecified atom stereocenters. The van der Waals surface area contributed by atoms with Crippen molar-refractivity contribution >= 4 is 5.71 Å². The van der Waals surface area contributed by atoms with E-state index in [-0.39, 0.29) is 0 Å². The molecule has 1 aliphatic heterocycles. The lowest BCUT2D eigenvalue weighted by atomic mass is 10.1. The van der Waals surface area contributed by atoms with Crippen LogP contribution in [0.4, 0.5) is 0 Å². The molecule has 0 spiro atoms. The lowest BCUT2D eigenvalue weighted by molar-refractivity contribution is 0.589. The Labute approximate surface area is 112 Å². The van der Waals surface area contributed by atoms with Gasteiger partial charge in [-0.1, -0.05) is 26.2 Å². The number of unbranched alkanes of at least 4 members (excludes halogenated alkanes) is 3. The smallest absolute Gasteiger partial charge is 0.0514 e. The normalized spacial score (nSPS) is 19.7. The van der Waals surface area contributed by atoms with Crippen LogP contribution < -0.4 is 16.0 Å². The molecule has 4 nitrogen and oxygen atoms in total. The van der Waals surface area contributed by atoms with Gasteiger partial charge in [0.15, 0.2) is 0 Å². The van der Waals surface area contributed by atoms with Crippen molar-refractivity contribution in [3.8, 4) is 0 Å². The van der Waals surface area contributed by atoms with Crippen LogP contribution in [0.1, 0.15) is 39.0 Å². The molecule has 0 aromatic heterocycles. The largest absolute Gasteiger partial charge is 0.314 e. The first-order chi connectivity index (χ1) is 8.93. The van der Waals surface area contributed by atoms with Crippen LogP contribution in [0.5, 0.6) is 0 Å². The van der Waals surface area contributed by atoms with Gasteiger partial charge in [0.25, 0.3) is 0 Å². The molecule has 1 rings (SSSR count). The van der Waals surface area contributed by atoms with Crippen molar-refractivity contribution in [3.63, 3.8) is 0 Å². The van der Waals surface area contributed by atoms with Crippen LogP contribution in [0.15, 0.2) is 4.99 Å². The second-order valence-electron chi connectivity index (χ2n) is 4.94. The predicted octanol–water partition coefficient (Wildman–Crippen LogP) is 1.18. The highest BCUT2D eigenvalue weighted by molar-refractivity contribution is 5.86. The molecule has 3 N–H and O–H groups in total. The average Bonchev–Trinajstić information content (AvgIpc) is 2.37. The van der Waals surface area contributed by atoms with Crippen molar-refractivity contribution in [1.29, 1.82) is 0 Å². The van der Waals surface area contributed by atoms with Gasteiger partial charge < -0.3 is 16.0 Å². The van der Waals surface area contributed by atoms with E-state index in [1.54, 1.807) is 0 Å². The highest BCUT2D eigenvalue weighted by atomic mass is 15.0. The van der Waals surface area contributed by atoms with Crippen molar-refractivity contribution in [2.75, 3.05) is 45.8 Å². The van der Waals surface area contributed by atoms with E-state index in [1.165, 1.54) is 37.8 Å². The maximum Gasteiger partial charge on any atom is 0.0514 e. The van der Waals surface area contributed by atoms with Gasteiger partial charge in [0, 0.05) is 45.0 Å². The van der Waals surface area contributed by atoms with Crippen molar-refractivity contribution in [1.82, 2.24) is 16.0 Å². The molecule has 0 bridgehead atoms. The molecule has 1 aliphatic rings. The minimum Gasteiger partial charge on any atom is -0.314 e. The van der Waals surface area contributed by atoms with E-state index >= 15 is 0 Å². The summed E-state index contributed by atoms with van der Waals surface area (Å²) in [6.45, 7) is 9.32. The monoisotopic (exact) mass is 254 g/mol. The number of hydrogen-bond donors (Lipinski definition) is 3. The molecule has 0 saturated heterocycles. The fourth-order valence-electron chi connectivity index (χ4n) is 2.11. The van der Waals surface area contributed by atoms with Crippen molar-refractivity contribution in [2.24, 2.45) is 4.99 Å². The maximum atomic E-state index is 4.73. The third-order valence-electron chi connectivity index (χ3n) is 3.23. The summed E-state index contributed by atoms with van der Waals surface area (Å²) in [5.74, 6) is 0. The molecule has 0 aromatic rings. The molecule has 1 heterocycles. The van der Waals surface area contributed by atoms with Gasteiger partial charge in [-0.15, -0.1) is 0 Å².